The molecule has 1 aromatic heterocycles. The average Bonchev–Trinajstić information content (AvgIpc) is 3.54. The molecule has 0 radical (unpaired) electrons. The highest BCUT2D eigenvalue weighted by Gasteiger charge is 2.33. The Kier molecular flexibility index (Phi) is 7.79. The van der Waals surface area contributed by atoms with Gasteiger partial charge in [0, 0.05) is 17.5 Å². The number of hydrogen-bond donors (Lipinski definition) is 1. The van der Waals surface area contributed by atoms with E-state index in [4.69, 9.17) is 4.74 Å². The molecule has 0 saturated heterocycles. The molecular weight excluding hydrogens is 432 g/mol. The van der Waals surface area contributed by atoms with E-state index in [1.165, 1.54) is 0 Å². The quantitative estimate of drug-likeness (QED) is 0.480. The van der Waals surface area contributed by atoms with E-state index in [0.717, 1.165) is 47.4 Å². The van der Waals surface area contributed by atoms with Crippen LogP contribution < -0.4 is 10.1 Å². The van der Waals surface area contributed by atoms with Gasteiger partial charge in [-0.3, -0.25) is 9.59 Å². The van der Waals surface area contributed by atoms with Gasteiger partial charge in [-0.15, -0.1) is 11.3 Å². The molecule has 1 aliphatic rings. The number of methoxy groups -OCH3 is 1. The number of rotatable bonds is 9. The van der Waals surface area contributed by atoms with Crippen molar-refractivity contribution in [3.63, 3.8) is 0 Å². The second-order valence-electron chi connectivity index (χ2n) is 8.43. The summed E-state index contributed by atoms with van der Waals surface area (Å²) in [4.78, 5) is 30.0. The van der Waals surface area contributed by atoms with Gasteiger partial charge in [0.2, 0.25) is 11.8 Å². The Morgan fingerprint density at radius 3 is 2.39 bits per heavy atom. The van der Waals surface area contributed by atoms with Crippen LogP contribution in [-0.2, 0) is 22.6 Å². The van der Waals surface area contributed by atoms with Crippen molar-refractivity contribution in [2.24, 2.45) is 0 Å². The number of nitrogens with zero attached hydrogens (tertiary/aromatic N) is 1. The van der Waals surface area contributed by atoms with Gasteiger partial charge in [-0.05, 0) is 47.5 Å². The predicted octanol–water partition coefficient (Wildman–Crippen LogP) is 5.13. The fourth-order valence-corrected chi connectivity index (χ4v) is 5.07. The lowest BCUT2D eigenvalue weighted by atomic mass is 10.0. The average molecular weight is 463 g/mol. The smallest absolute Gasteiger partial charge is 0.247 e. The molecule has 1 N–H and O–H groups in total. The molecule has 172 valence electrons. The number of amides is 2. The van der Waals surface area contributed by atoms with Crippen LogP contribution in [0, 0.1) is 0 Å². The summed E-state index contributed by atoms with van der Waals surface area (Å²) in [5.41, 5.74) is 1.77. The molecule has 0 bridgehead atoms. The lowest BCUT2D eigenvalue weighted by molar-refractivity contribution is -0.141. The van der Waals surface area contributed by atoms with Gasteiger partial charge in [0.1, 0.15) is 11.8 Å². The van der Waals surface area contributed by atoms with E-state index in [2.05, 4.69) is 5.32 Å². The van der Waals surface area contributed by atoms with Gasteiger partial charge in [0.25, 0.3) is 0 Å². The minimum Gasteiger partial charge on any atom is -0.497 e. The predicted molar refractivity (Wildman–Crippen MR) is 131 cm³/mol. The molecule has 1 fully saturated rings. The second-order valence-corrected chi connectivity index (χ2v) is 9.46. The number of hydrogen-bond acceptors (Lipinski definition) is 4. The van der Waals surface area contributed by atoms with Crippen molar-refractivity contribution < 1.29 is 14.3 Å². The van der Waals surface area contributed by atoms with E-state index < -0.39 is 6.04 Å². The maximum absolute atomic E-state index is 13.6. The van der Waals surface area contributed by atoms with E-state index in [9.17, 15) is 9.59 Å². The first kappa shape index (κ1) is 23.1. The monoisotopic (exact) mass is 462 g/mol. The van der Waals surface area contributed by atoms with E-state index >= 15 is 0 Å². The summed E-state index contributed by atoms with van der Waals surface area (Å²) < 4.78 is 5.28. The Morgan fingerprint density at radius 1 is 1.03 bits per heavy atom. The zero-order valence-corrected chi connectivity index (χ0v) is 19.7. The van der Waals surface area contributed by atoms with Crippen LogP contribution in [0.15, 0.2) is 72.1 Å². The highest BCUT2D eigenvalue weighted by atomic mass is 32.1. The Hall–Kier alpha value is -3.12. The summed E-state index contributed by atoms with van der Waals surface area (Å²) in [6.45, 7) is 0.339. The molecule has 2 amide bonds. The van der Waals surface area contributed by atoms with Crippen LogP contribution in [0.1, 0.15) is 47.7 Å². The molecular formula is C27H30N2O3S. The summed E-state index contributed by atoms with van der Waals surface area (Å²) in [6.07, 6.45) is 4.53. The summed E-state index contributed by atoms with van der Waals surface area (Å²) in [5.74, 6) is 0.582. The highest BCUT2D eigenvalue weighted by Crippen LogP contribution is 2.27. The Morgan fingerprint density at radius 2 is 1.76 bits per heavy atom. The summed E-state index contributed by atoms with van der Waals surface area (Å²) >= 11 is 1.56. The molecule has 4 rings (SSSR count). The van der Waals surface area contributed by atoms with Crippen molar-refractivity contribution in [2.75, 3.05) is 7.11 Å². The number of ether oxygens (including phenoxy) is 1. The van der Waals surface area contributed by atoms with Crippen LogP contribution >= 0.6 is 11.3 Å². The Balaban J connectivity index is 1.66. The van der Waals surface area contributed by atoms with Crippen molar-refractivity contribution in [1.29, 1.82) is 0 Å². The molecule has 3 aromatic rings. The van der Waals surface area contributed by atoms with Crippen LogP contribution in [0.5, 0.6) is 5.75 Å². The van der Waals surface area contributed by atoms with E-state index in [-0.39, 0.29) is 24.3 Å². The first-order valence-corrected chi connectivity index (χ1v) is 12.3. The molecule has 5 nitrogen and oxygen atoms in total. The van der Waals surface area contributed by atoms with E-state index in [1.807, 2.05) is 72.1 Å². The maximum atomic E-state index is 13.6. The first-order chi connectivity index (χ1) is 16.1. The third kappa shape index (κ3) is 6.02. The van der Waals surface area contributed by atoms with Crippen LogP contribution in [0.25, 0.3) is 0 Å². The second kappa shape index (κ2) is 11.1. The first-order valence-electron chi connectivity index (χ1n) is 11.4. The lowest BCUT2D eigenvalue weighted by Crippen LogP contribution is -2.46. The van der Waals surface area contributed by atoms with Crippen molar-refractivity contribution in [3.05, 3.63) is 88.1 Å². The van der Waals surface area contributed by atoms with Gasteiger partial charge in [0.15, 0.2) is 0 Å². The zero-order valence-electron chi connectivity index (χ0n) is 18.9. The maximum Gasteiger partial charge on any atom is 0.247 e. The van der Waals surface area contributed by atoms with Gasteiger partial charge in [-0.2, -0.15) is 0 Å². The number of carbonyl (C=O) groups excluding carboxylic acids is 2. The van der Waals surface area contributed by atoms with E-state index in [1.54, 1.807) is 23.3 Å². The zero-order chi connectivity index (χ0) is 23.0. The minimum absolute atomic E-state index is 0.0660. The fraction of sp³-hybridized carbons (Fsp3) is 0.333. The molecule has 1 aliphatic carbocycles. The van der Waals surface area contributed by atoms with Crippen LogP contribution in [0.4, 0.5) is 0 Å². The number of thiophene rings is 1. The SMILES string of the molecule is COc1ccc(CN(C(=O)Cc2cccs2)[C@@H](C(=O)NC2CCCC2)c2ccccc2)cc1. The van der Waals surface area contributed by atoms with Gasteiger partial charge in [-0.25, -0.2) is 0 Å². The van der Waals surface area contributed by atoms with Crippen molar-refractivity contribution >= 4 is 23.2 Å². The number of benzene rings is 2. The summed E-state index contributed by atoms with van der Waals surface area (Å²) in [5, 5.41) is 5.20. The fourth-order valence-electron chi connectivity index (χ4n) is 4.37. The summed E-state index contributed by atoms with van der Waals surface area (Å²) in [6, 6.07) is 20.7. The summed E-state index contributed by atoms with van der Waals surface area (Å²) in [7, 11) is 1.63. The molecule has 1 saturated carbocycles. The topological polar surface area (TPSA) is 58.6 Å². The third-order valence-electron chi connectivity index (χ3n) is 6.11. The van der Waals surface area contributed by atoms with Crippen molar-refractivity contribution in [2.45, 2.75) is 50.7 Å². The highest BCUT2D eigenvalue weighted by molar-refractivity contribution is 7.10. The number of nitrogens with one attached hydrogen (secondary N) is 1. The largest absolute Gasteiger partial charge is 0.497 e. The molecule has 33 heavy (non-hydrogen) atoms. The molecule has 0 unspecified atom stereocenters. The Bertz CT molecular complexity index is 1030. The molecule has 0 spiro atoms. The van der Waals surface area contributed by atoms with Gasteiger partial charge in [-0.1, -0.05) is 61.4 Å². The molecule has 1 heterocycles. The van der Waals surface area contributed by atoms with Gasteiger partial charge in [0.05, 0.1) is 13.5 Å². The molecule has 1 atom stereocenters. The minimum atomic E-state index is -0.693. The number of carbonyl (C=O) groups is 2. The van der Waals surface area contributed by atoms with Crippen molar-refractivity contribution in [1.82, 2.24) is 10.2 Å². The van der Waals surface area contributed by atoms with Gasteiger partial charge >= 0.3 is 0 Å². The normalized spacial score (nSPS) is 14.6. The third-order valence-corrected chi connectivity index (χ3v) is 6.99. The standard InChI is InChI=1S/C27H30N2O3S/c1-32-23-15-13-20(14-16-23)19-29(25(30)18-24-12-7-17-33-24)26(21-8-3-2-4-9-21)27(31)28-22-10-5-6-11-22/h2-4,7-9,12-17,22,26H,5-6,10-11,18-19H2,1H3,(H,28,31)/t26-/m1/s1. The lowest BCUT2D eigenvalue weighted by Gasteiger charge is -2.32. The van der Waals surface area contributed by atoms with Crippen LogP contribution in [-0.4, -0.2) is 29.9 Å². The molecule has 2 aromatic carbocycles. The molecule has 6 heteroatoms. The van der Waals surface area contributed by atoms with Crippen LogP contribution in [0.3, 0.4) is 0 Å². The van der Waals surface area contributed by atoms with E-state index in [0.29, 0.717) is 6.54 Å². The van der Waals surface area contributed by atoms with Crippen LogP contribution in [0.2, 0.25) is 0 Å². The van der Waals surface area contributed by atoms with Crippen molar-refractivity contribution in [3.8, 4) is 5.75 Å². The molecule has 0 aliphatic heterocycles. The van der Waals surface area contributed by atoms with Gasteiger partial charge < -0.3 is 15.0 Å². The Labute approximate surface area is 199 Å².